The molecule has 1 atom stereocenters. The molecule has 0 saturated carbocycles. The van der Waals surface area contributed by atoms with Crippen LogP contribution in [0.1, 0.15) is 31.7 Å². The molecule has 0 heterocycles. The zero-order chi connectivity index (χ0) is 10.9. The van der Waals surface area contributed by atoms with Crippen LogP contribution >= 0.6 is 11.8 Å². The van der Waals surface area contributed by atoms with Crippen molar-refractivity contribution in [2.75, 3.05) is 5.75 Å². The minimum atomic E-state index is -0.126. The highest BCUT2D eigenvalue weighted by Gasteiger charge is 2.03. The molecular weight excluding hydrogens is 204 g/mol. The molecule has 0 radical (unpaired) electrons. The molecule has 1 rings (SSSR count). The molecule has 2 heteroatoms. The molecule has 0 amide bonds. The van der Waals surface area contributed by atoms with Crippen LogP contribution in [0.2, 0.25) is 0 Å². The summed E-state index contributed by atoms with van der Waals surface area (Å²) in [5, 5.41) is 9.64. The van der Waals surface area contributed by atoms with Crippen LogP contribution in [-0.2, 0) is 5.75 Å². The van der Waals surface area contributed by atoms with Gasteiger partial charge in [-0.15, -0.1) is 0 Å². The Morgan fingerprint density at radius 1 is 1.27 bits per heavy atom. The van der Waals surface area contributed by atoms with Gasteiger partial charge in [0, 0.05) is 11.5 Å². The first kappa shape index (κ1) is 12.6. The van der Waals surface area contributed by atoms with Gasteiger partial charge in [-0.3, -0.25) is 0 Å². The maximum Gasteiger partial charge on any atom is 0.0630 e. The molecule has 0 spiro atoms. The minimum Gasteiger partial charge on any atom is -0.392 e. The van der Waals surface area contributed by atoms with Gasteiger partial charge < -0.3 is 5.11 Å². The number of thioether (sulfide) groups is 1. The van der Waals surface area contributed by atoms with Gasteiger partial charge in [-0.25, -0.2) is 0 Å². The fourth-order valence-corrected chi connectivity index (χ4v) is 2.39. The zero-order valence-corrected chi connectivity index (χ0v) is 10.2. The summed E-state index contributed by atoms with van der Waals surface area (Å²) in [7, 11) is 0. The summed E-state index contributed by atoms with van der Waals surface area (Å²) in [5.74, 6) is 1.86. The highest BCUT2D eigenvalue weighted by atomic mass is 32.2. The number of benzene rings is 1. The summed E-state index contributed by atoms with van der Waals surface area (Å²) in [6, 6.07) is 10.4. The van der Waals surface area contributed by atoms with Crippen LogP contribution in [0.15, 0.2) is 30.3 Å². The van der Waals surface area contributed by atoms with Gasteiger partial charge in [0.15, 0.2) is 0 Å². The number of hydrogen-bond acceptors (Lipinski definition) is 2. The predicted molar refractivity (Wildman–Crippen MR) is 68.1 cm³/mol. The lowest BCUT2D eigenvalue weighted by Crippen LogP contribution is -2.09. The van der Waals surface area contributed by atoms with E-state index in [0.29, 0.717) is 0 Å². The van der Waals surface area contributed by atoms with Crippen molar-refractivity contribution in [1.29, 1.82) is 0 Å². The van der Waals surface area contributed by atoms with Crippen molar-refractivity contribution in [2.24, 2.45) is 0 Å². The summed E-state index contributed by atoms with van der Waals surface area (Å²) in [6.07, 6.45) is 3.12. The van der Waals surface area contributed by atoms with Crippen LogP contribution < -0.4 is 0 Å². The van der Waals surface area contributed by atoms with Gasteiger partial charge in [0.05, 0.1) is 6.10 Å². The van der Waals surface area contributed by atoms with E-state index in [9.17, 15) is 5.11 Å². The Morgan fingerprint density at radius 3 is 2.67 bits per heavy atom. The lowest BCUT2D eigenvalue weighted by Gasteiger charge is -2.09. The largest absolute Gasteiger partial charge is 0.392 e. The second-order valence-corrected chi connectivity index (χ2v) is 4.83. The van der Waals surface area contributed by atoms with Crippen molar-refractivity contribution in [3.63, 3.8) is 0 Å². The highest BCUT2D eigenvalue weighted by molar-refractivity contribution is 7.98. The maximum atomic E-state index is 9.64. The van der Waals surface area contributed by atoms with Gasteiger partial charge in [0.25, 0.3) is 0 Å². The van der Waals surface area contributed by atoms with E-state index in [1.54, 1.807) is 0 Å². The molecule has 0 aliphatic heterocycles. The lowest BCUT2D eigenvalue weighted by molar-refractivity contribution is 0.186. The van der Waals surface area contributed by atoms with E-state index < -0.39 is 0 Å². The molecule has 0 bridgehead atoms. The van der Waals surface area contributed by atoms with Crippen molar-refractivity contribution in [3.05, 3.63) is 35.9 Å². The first-order valence-electron chi connectivity index (χ1n) is 5.62. The van der Waals surface area contributed by atoms with E-state index in [4.69, 9.17) is 0 Å². The van der Waals surface area contributed by atoms with E-state index in [-0.39, 0.29) is 6.10 Å². The number of hydrogen-bond donors (Lipinski definition) is 1. The number of aliphatic hydroxyl groups excluding tert-OH is 1. The van der Waals surface area contributed by atoms with Crippen LogP contribution in [0, 0.1) is 0 Å². The Labute approximate surface area is 96.9 Å². The van der Waals surface area contributed by atoms with Crippen LogP contribution in [0.5, 0.6) is 0 Å². The van der Waals surface area contributed by atoms with Crippen LogP contribution in [0.25, 0.3) is 0 Å². The summed E-state index contributed by atoms with van der Waals surface area (Å²) in [4.78, 5) is 0. The molecular formula is C13H20OS. The molecule has 15 heavy (non-hydrogen) atoms. The third-order valence-corrected chi connectivity index (χ3v) is 3.47. The summed E-state index contributed by atoms with van der Waals surface area (Å²) < 4.78 is 0. The van der Waals surface area contributed by atoms with Crippen molar-refractivity contribution in [1.82, 2.24) is 0 Å². The van der Waals surface area contributed by atoms with E-state index in [0.717, 1.165) is 24.3 Å². The SMILES string of the molecule is CCCCC(O)CSCc1ccccc1. The molecule has 84 valence electrons. The quantitative estimate of drug-likeness (QED) is 0.765. The number of rotatable bonds is 7. The van der Waals surface area contributed by atoms with Crippen molar-refractivity contribution in [2.45, 2.75) is 38.0 Å². The Morgan fingerprint density at radius 2 is 2.00 bits per heavy atom. The molecule has 1 unspecified atom stereocenters. The van der Waals surface area contributed by atoms with Gasteiger partial charge in [-0.1, -0.05) is 50.1 Å². The van der Waals surface area contributed by atoms with Crippen molar-refractivity contribution in [3.8, 4) is 0 Å². The Bertz CT molecular complexity index is 248. The number of aliphatic hydroxyl groups is 1. The Kier molecular flexibility index (Phi) is 6.53. The van der Waals surface area contributed by atoms with Gasteiger partial charge >= 0.3 is 0 Å². The fraction of sp³-hybridized carbons (Fsp3) is 0.538. The highest BCUT2D eigenvalue weighted by Crippen LogP contribution is 2.14. The van der Waals surface area contributed by atoms with E-state index in [1.165, 1.54) is 12.0 Å². The van der Waals surface area contributed by atoms with E-state index >= 15 is 0 Å². The molecule has 0 aliphatic rings. The molecule has 0 aromatic heterocycles. The predicted octanol–water partition coefficient (Wildman–Crippen LogP) is 3.47. The zero-order valence-electron chi connectivity index (χ0n) is 9.36. The molecule has 0 aliphatic carbocycles. The molecule has 0 saturated heterocycles. The maximum absolute atomic E-state index is 9.64. The first-order chi connectivity index (χ1) is 7.33. The van der Waals surface area contributed by atoms with Crippen molar-refractivity contribution >= 4 is 11.8 Å². The molecule has 0 fully saturated rings. The van der Waals surface area contributed by atoms with Gasteiger partial charge in [0.2, 0.25) is 0 Å². The topological polar surface area (TPSA) is 20.2 Å². The molecule has 1 N–H and O–H groups in total. The minimum absolute atomic E-state index is 0.126. The molecule has 1 aromatic rings. The molecule has 1 aromatic carbocycles. The standard InChI is InChI=1S/C13H20OS/c1-2-3-9-13(14)11-15-10-12-7-5-4-6-8-12/h4-8,13-14H,2-3,9-11H2,1H3. The van der Waals surface area contributed by atoms with Gasteiger partial charge in [-0.2, -0.15) is 11.8 Å². The van der Waals surface area contributed by atoms with Gasteiger partial charge in [0.1, 0.15) is 0 Å². The monoisotopic (exact) mass is 224 g/mol. The number of unbranched alkanes of at least 4 members (excludes halogenated alkanes) is 1. The second-order valence-electron chi connectivity index (χ2n) is 3.80. The lowest BCUT2D eigenvalue weighted by atomic mass is 10.2. The van der Waals surface area contributed by atoms with Crippen LogP contribution in [0.4, 0.5) is 0 Å². The van der Waals surface area contributed by atoms with E-state index in [2.05, 4.69) is 31.2 Å². The van der Waals surface area contributed by atoms with Crippen LogP contribution in [0.3, 0.4) is 0 Å². The Balaban J connectivity index is 2.11. The summed E-state index contributed by atoms with van der Waals surface area (Å²) in [5.41, 5.74) is 1.34. The third-order valence-electron chi connectivity index (χ3n) is 2.31. The fourth-order valence-electron chi connectivity index (χ4n) is 1.41. The third kappa shape index (κ3) is 5.85. The van der Waals surface area contributed by atoms with Crippen molar-refractivity contribution < 1.29 is 5.11 Å². The second kappa shape index (κ2) is 7.77. The van der Waals surface area contributed by atoms with E-state index in [1.807, 2.05) is 17.8 Å². The Hall–Kier alpha value is -0.470. The smallest absolute Gasteiger partial charge is 0.0630 e. The molecule has 1 nitrogen and oxygen atoms in total. The normalized spacial score (nSPS) is 12.7. The van der Waals surface area contributed by atoms with Crippen LogP contribution in [-0.4, -0.2) is 17.0 Å². The first-order valence-corrected chi connectivity index (χ1v) is 6.78. The average molecular weight is 224 g/mol. The van der Waals surface area contributed by atoms with Gasteiger partial charge in [-0.05, 0) is 12.0 Å². The average Bonchev–Trinajstić information content (AvgIpc) is 2.28. The summed E-state index contributed by atoms with van der Waals surface area (Å²) >= 11 is 1.81. The summed E-state index contributed by atoms with van der Waals surface area (Å²) in [6.45, 7) is 2.16.